The molecule has 2 aliphatic rings. The summed E-state index contributed by atoms with van der Waals surface area (Å²) in [5, 5.41) is 9.45. The van der Waals surface area contributed by atoms with Gasteiger partial charge in [0.05, 0.1) is 0 Å². The molecule has 1 saturated carbocycles. The smallest absolute Gasteiger partial charge is 0.326 e. The maximum Gasteiger partial charge on any atom is 0.326 e. The summed E-state index contributed by atoms with van der Waals surface area (Å²) < 4.78 is 0. The molecule has 1 saturated heterocycles. The number of hydrogen-bond acceptors (Lipinski definition) is 2. The first-order valence-corrected chi connectivity index (χ1v) is 7.03. The molecule has 4 nitrogen and oxygen atoms in total. The van der Waals surface area contributed by atoms with Gasteiger partial charge in [-0.3, -0.25) is 4.79 Å². The van der Waals surface area contributed by atoms with Crippen molar-refractivity contribution in [1.82, 2.24) is 4.90 Å². The molecular weight excluding hydrogens is 242 g/mol. The van der Waals surface area contributed by atoms with Crippen molar-refractivity contribution in [2.75, 3.05) is 6.54 Å². The summed E-state index contributed by atoms with van der Waals surface area (Å²) in [5.41, 5.74) is -0.0623. The van der Waals surface area contributed by atoms with Crippen LogP contribution >= 0.6 is 0 Å². The maximum atomic E-state index is 12.5. The van der Waals surface area contributed by atoms with Crippen LogP contribution in [0.15, 0.2) is 0 Å². The first-order chi connectivity index (χ1) is 8.49. The van der Waals surface area contributed by atoms with Gasteiger partial charge in [-0.15, -0.1) is 0 Å². The molecule has 4 atom stereocenters. The molecule has 0 spiro atoms. The van der Waals surface area contributed by atoms with Gasteiger partial charge in [-0.05, 0) is 16.7 Å². The van der Waals surface area contributed by atoms with E-state index in [2.05, 4.69) is 13.8 Å². The van der Waals surface area contributed by atoms with Gasteiger partial charge in [0.15, 0.2) is 0 Å². The zero-order chi connectivity index (χ0) is 14.7. The Balaban J connectivity index is 2.19. The zero-order valence-corrected chi connectivity index (χ0v) is 12.7. The van der Waals surface area contributed by atoms with Crippen LogP contribution in [0.4, 0.5) is 0 Å². The average molecular weight is 267 g/mol. The molecule has 1 amide bonds. The van der Waals surface area contributed by atoms with E-state index in [9.17, 15) is 14.7 Å². The molecule has 2 rings (SSSR count). The first-order valence-electron chi connectivity index (χ1n) is 7.03. The largest absolute Gasteiger partial charge is 0.480 e. The minimum Gasteiger partial charge on any atom is -0.480 e. The van der Waals surface area contributed by atoms with Gasteiger partial charge in [0.25, 0.3) is 0 Å². The van der Waals surface area contributed by atoms with Crippen molar-refractivity contribution in [3.63, 3.8) is 0 Å². The maximum absolute atomic E-state index is 12.5. The molecule has 19 heavy (non-hydrogen) atoms. The Morgan fingerprint density at radius 2 is 1.84 bits per heavy atom. The number of carbonyl (C=O) groups is 2. The Morgan fingerprint density at radius 3 is 2.26 bits per heavy atom. The normalized spacial score (nSPS) is 33.8. The van der Waals surface area contributed by atoms with E-state index in [4.69, 9.17) is 0 Å². The highest BCUT2D eigenvalue weighted by Gasteiger charge is 2.69. The number of fused-ring (bicyclic) bond motifs is 1. The molecule has 0 aromatic carbocycles. The van der Waals surface area contributed by atoms with Crippen molar-refractivity contribution < 1.29 is 14.7 Å². The second-order valence-corrected chi connectivity index (χ2v) is 7.82. The second kappa shape index (κ2) is 3.97. The Bertz CT molecular complexity index is 422. The molecule has 1 N–H and O–H groups in total. The number of hydrogen-bond donors (Lipinski definition) is 1. The lowest BCUT2D eigenvalue weighted by atomic mass is 9.81. The highest BCUT2D eigenvalue weighted by molar-refractivity contribution is 5.87. The van der Waals surface area contributed by atoms with Crippen LogP contribution in [-0.4, -0.2) is 34.5 Å². The summed E-state index contributed by atoms with van der Waals surface area (Å²) in [7, 11) is 0. The van der Waals surface area contributed by atoms with Crippen LogP contribution in [0.1, 0.15) is 41.5 Å². The molecule has 1 aliphatic heterocycles. The molecular formula is C15H25NO3. The predicted molar refractivity (Wildman–Crippen MR) is 72.5 cm³/mol. The van der Waals surface area contributed by atoms with E-state index < -0.39 is 12.0 Å². The van der Waals surface area contributed by atoms with Crippen LogP contribution in [0.3, 0.4) is 0 Å². The molecule has 2 fully saturated rings. The number of likely N-dealkylation sites (tertiary alicyclic amines) is 1. The standard InChI is InChI=1S/C15H25NO3/c1-8(14(2,3)4)12(17)16-7-9-10(15(9,5)6)11(16)13(18)19/h8-11H,7H2,1-6H3,(H,18,19)/t8-,9+,10+,11+/m1/s1. The van der Waals surface area contributed by atoms with E-state index in [1.807, 2.05) is 27.7 Å². The summed E-state index contributed by atoms with van der Waals surface area (Å²) >= 11 is 0. The van der Waals surface area contributed by atoms with Crippen LogP contribution in [0.25, 0.3) is 0 Å². The van der Waals surface area contributed by atoms with Crippen molar-refractivity contribution in [1.29, 1.82) is 0 Å². The van der Waals surface area contributed by atoms with Crippen molar-refractivity contribution in [3.8, 4) is 0 Å². The predicted octanol–water partition coefficient (Wildman–Crippen LogP) is 2.24. The second-order valence-electron chi connectivity index (χ2n) is 7.82. The fraction of sp³-hybridized carbons (Fsp3) is 0.867. The first kappa shape index (κ1) is 14.4. The van der Waals surface area contributed by atoms with E-state index >= 15 is 0 Å². The van der Waals surface area contributed by atoms with Gasteiger partial charge in [-0.1, -0.05) is 41.5 Å². The lowest BCUT2D eigenvalue weighted by molar-refractivity contribution is -0.153. The molecule has 4 heteroatoms. The van der Waals surface area contributed by atoms with Gasteiger partial charge in [-0.25, -0.2) is 4.79 Å². The van der Waals surface area contributed by atoms with Crippen LogP contribution in [0.5, 0.6) is 0 Å². The minimum atomic E-state index is -0.854. The molecule has 0 unspecified atom stereocenters. The number of rotatable bonds is 2. The zero-order valence-electron chi connectivity index (χ0n) is 12.7. The fourth-order valence-corrected chi connectivity index (χ4v) is 3.41. The number of carbonyl (C=O) groups excluding carboxylic acids is 1. The highest BCUT2D eigenvalue weighted by Crippen LogP contribution is 2.65. The van der Waals surface area contributed by atoms with Crippen molar-refractivity contribution in [3.05, 3.63) is 0 Å². The minimum absolute atomic E-state index is 0.0112. The highest BCUT2D eigenvalue weighted by atomic mass is 16.4. The molecule has 108 valence electrons. The van der Waals surface area contributed by atoms with Crippen LogP contribution in [-0.2, 0) is 9.59 Å². The van der Waals surface area contributed by atoms with Crippen LogP contribution < -0.4 is 0 Å². The van der Waals surface area contributed by atoms with Gasteiger partial charge in [-0.2, -0.15) is 0 Å². The lowest BCUT2D eigenvalue weighted by Gasteiger charge is -2.34. The van der Waals surface area contributed by atoms with Gasteiger partial charge in [0.1, 0.15) is 6.04 Å². The van der Waals surface area contributed by atoms with E-state index in [1.165, 1.54) is 0 Å². The molecule has 0 bridgehead atoms. The number of aliphatic carboxylic acids is 1. The molecule has 0 aromatic rings. The summed E-state index contributed by atoms with van der Waals surface area (Å²) in [4.78, 5) is 25.7. The van der Waals surface area contributed by atoms with E-state index in [0.29, 0.717) is 12.5 Å². The third kappa shape index (κ3) is 2.05. The third-order valence-electron chi connectivity index (χ3n) is 5.41. The van der Waals surface area contributed by atoms with Crippen molar-refractivity contribution >= 4 is 11.9 Å². The summed E-state index contributed by atoms with van der Waals surface area (Å²) in [6, 6.07) is -0.628. The Kier molecular flexibility index (Phi) is 3.00. The Morgan fingerprint density at radius 1 is 1.32 bits per heavy atom. The van der Waals surface area contributed by atoms with Gasteiger partial charge < -0.3 is 10.0 Å². The average Bonchev–Trinajstić information content (AvgIpc) is 2.65. The number of carboxylic acid groups (broad SMARTS) is 1. The van der Waals surface area contributed by atoms with Crippen molar-refractivity contribution in [2.24, 2.45) is 28.6 Å². The topological polar surface area (TPSA) is 57.6 Å². The van der Waals surface area contributed by atoms with E-state index in [0.717, 1.165) is 0 Å². The third-order valence-corrected chi connectivity index (χ3v) is 5.41. The number of nitrogens with zero attached hydrogens (tertiary/aromatic N) is 1. The lowest BCUT2D eigenvalue weighted by Crippen LogP contribution is -2.49. The quantitative estimate of drug-likeness (QED) is 0.834. The molecule has 0 radical (unpaired) electrons. The molecule has 0 aromatic heterocycles. The summed E-state index contributed by atoms with van der Waals surface area (Å²) in [5.74, 6) is -0.545. The fourth-order valence-electron chi connectivity index (χ4n) is 3.41. The van der Waals surface area contributed by atoms with Gasteiger partial charge >= 0.3 is 5.97 Å². The Hall–Kier alpha value is -1.06. The molecule has 1 heterocycles. The summed E-state index contributed by atoms with van der Waals surface area (Å²) in [6.07, 6.45) is 0. The van der Waals surface area contributed by atoms with E-state index in [1.54, 1.807) is 4.90 Å². The summed E-state index contributed by atoms with van der Waals surface area (Å²) in [6.45, 7) is 12.8. The van der Waals surface area contributed by atoms with E-state index in [-0.39, 0.29) is 28.6 Å². The van der Waals surface area contributed by atoms with Gasteiger partial charge in [0, 0.05) is 18.4 Å². The van der Waals surface area contributed by atoms with Crippen LogP contribution in [0.2, 0.25) is 0 Å². The number of carboxylic acids is 1. The van der Waals surface area contributed by atoms with Gasteiger partial charge in [0.2, 0.25) is 5.91 Å². The monoisotopic (exact) mass is 267 g/mol. The van der Waals surface area contributed by atoms with Crippen molar-refractivity contribution in [2.45, 2.75) is 47.6 Å². The number of amides is 1. The SMILES string of the molecule is C[C@H](C(=O)N1C[C@H]2[C@@H]([C@H]1C(=O)O)C2(C)C)C(C)(C)C. The number of piperidine rings is 1. The van der Waals surface area contributed by atoms with Crippen LogP contribution in [0, 0.1) is 28.6 Å². The Labute approximate surface area is 115 Å². The molecule has 1 aliphatic carbocycles.